The Morgan fingerprint density at radius 3 is 2.89 bits per heavy atom. The van der Waals surface area contributed by atoms with Gasteiger partial charge < -0.3 is 10.2 Å². The van der Waals surface area contributed by atoms with Gasteiger partial charge in [-0.3, -0.25) is 4.79 Å². The molecule has 0 aliphatic carbocycles. The van der Waals surface area contributed by atoms with Crippen LogP contribution in [-0.2, 0) is 4.79 Å². The molecule has 0 bridgehead atoms. The van der Waals surface area contributed by atoms with Crippen molar-refractivity contribution >= 4 is 11.7 Å². The molecule has 94 valence electrons. The predicted molar refractivity (Wildman–Crippen MR) is 65.8 cm³/mol. The van der Waals surface area contributed by atoms with Gasteiger partial charge in [0.25, 0.3) is 0 Å². The van der Waals surface area contributed by atoms with E-state index >= 15 is 0 Å². The van der Waals surface area contributed by atoms with Crippen molar-refractivity contribution in [3.8, 4) is 6.07 Å². The summed E-state index contributed by atoms with van der Waals surface area (Å²) in [6, 6.07) is 2.33. The van der Waals surface area contributed by atoms with Crippen LogP contribution in [0.25, 0.3) is 0 Å². The van der Waals surface area contributed by atoms with E-state index in [9.17, 15) is 4.79 Å². The second-order valence-corrected chi connectivity index (χ2v) is 4.33. The van der Waals surface area contributed by atoms with Crippen molar-refractivity contribution in [3.05, 3.63) is 18.1 Å². The zero-order valence-corrected chi connectivity index (χ0v) is 10.3. The number of hydrogen-bond donors (Lipinski definition) is 1. The number of nitrogens with one attached hydrogen (secondary N) is 1. The average Bonchev–Trinajstić information content (AvgIpc) is 2.39. The first-order valence-corrected chi connectivity index (χ1v) is 5.93. The summed E-state index contributed by atoms with van der Waals surface area (Å²) < 4.78 is 0. The summed E-state index contributed by atoms with van der Waals surface area (Å²) in [6.07, 6.45) is 4.72. The fourth-order valence-corrected chi connectivity index (χ4v) is 2.18. The van der Waals surface area contributed by atoms with Crippen molar-refractivity contribution in [2.75, 3.05) is 18.0 Å². The maximum absolute atomic E-state index is 11.0. The van der Waals surface area contributed by atoms with Crippen LogP contribution in [0.4, 0.5) is 5.82 Å². The van der Waals surface area contributed by atoms with Crippen molar-refractivity contribution in [3.63, 3.8) is 0 Å². The smallest absolute Gasteiger partial charge is 0.217 e. The van der Waals surface area contributed by atoms with Gasteiger partial charge in [0, 0.05) is 26.1 Å². The molecule has 0 spiro atoms. The Labute approximate surface area is 106 Å². The van der Waals surface area contributed by atoms with E-state index < -0.39 is 0 Å². The highest BCUT2D eigenvalue weighted by molar-refractivity contribution is 5.73. The normalized spacial score (nSPS) is 16.1. The second kappa shape index (κ2) is 5.45. The maximum atomic E-state index is 11.0. The van der Waals surface area contributed by atoms with Crippen LogP contribution in [0.2, 0.25) is 0 Å². The predicted octanol–water partition coefficient (Wildman–Crippen LogP) is 0.453. The lowest BCUT2D eigenvalue weighted by Crippen LogP contribution is -2.44. The van der Waals surface area contributed by atoms with Crippen molar-refractivity contribution in [2.45, 2.75) is 25.8 Å². The molecule has 1 aromatic rings. The number of carbonyl (C=O) groups is 1. The molecule has 0 unspecified atom stereocenters. The Morgan fingerprint density at radius 2 is 2.28 bits per heavy atom. The van der Waals surface area contributed by atoms with Crippen LogP contribution in [-0.4, -0.2) is 35.0 Å². The van der Waals surface area contributed by atoms with E-state index in [-0.39, 0.29) is 11.9 Å². The lowest BCUT2D eigenvalue weighted by molar-refractivity contribution is -0.119. The molecule has 6 nitrogen and oxygen atoms in total. The van der Waals surface area contributed by atoms with Crippen LogP contribution in [0.1, 0.15) is 25.3 Å². The van der Waals surface area contributed by atoms with E-state index in [0.29, 0.717) is 11.4 Å². The molecule has 0 radical (unpaired) electrons. The SMILES string of the molecule is CC(=O)NC1CCN(c2ncncc2C#N)CC1. The van der Waals surface area contributed by atoms with Crippen molar-refractivity contribution in [1.29, 1.82) is 5.26 Å². The number of anilines is 1. The number of amides is 1. The van der Waals surface area contributed by atoms with Crippen molar-refractivity contribution in [1.82, 2.24) is 15.3 Å². The van der Waals surface area contributed by atoms with Gasteiger partial charge >= 0.3 is 0 Å². The second-order valence-electron chi connectivity index (χ2n) is 4.33. The van der Waals surface area contributed by atoms with E-state index in [0.717, 1.165) is 25.9 Å². The summed E-state index contributed by atoms with van der Waals surface area (Å²) in [7, 11) is 0. The monoisotopic (exact) mass is 245 g/mol. The van der Waals surface area contributed by atoms with Crippen LogP contribution in [0.3, 0.4) is 0 Å². The highest BCUT2D eigenvalue weighted by Crippen LogP contribution is 2.20. The largest absolute Gasteiger partial charge is 0.355 e. The number of piperidine rings is 1. The molecule has 6 heteroatoms. The molecule has 1 fully saturated rings. The molecule has 2 rings (SSSR count). The summed E-state index contributed by atoms with van der Waals surface area (Å²) in [4.78, 5) is 21.1. The van der Waals surface area contributed by atoms with Gasteiger partial charge in [0.15, 0.2) is 0 Å². The molecular weight excluding hydrogens is 230 g/mol. The standard InChI is InChI=1S/C12H15N5O/c1-9(18)16-11-2-4-17(5-3-11)12-10(6-13)7-14-8-15-12/h7-8,11H,2-5H2,1H3,(H,16,18). The lowest BCUT2D eigenvalue weighted by Gasteiger charge is -2.33. The van der Waals surface area contributed by atoms with E-state index in [1.807, 2.05) is 0 Å². The molecule has 1 amide bonds. The fourth-order valence-electron chi connectivity index (χ4n) is 2.18. The van der Waals surface area contributed by atoms with E-state index in [1.165, 1.54) is 19.4 Å². The Balaban J connectivity index is 2.01. The molecule has 1 aliphatic rings. The van der Waals surface area contributed by atoms with Gasteiger partial charge in [-0.05, 0) is 12.8 Å². The van der Waals surface area contributed by atoms with Crippen LogP contribution in [0.15, 0.2) is 12.5 Å². The molecule has 18 heavy (non-hydrogen) atoms. The number of carbonyl (C=O) groups excluding carboxylic acids is 1. The first kappa shape index (κ1) is 12.3. The molecule has 1 N–H and O–H groups in total. The number of nitriles is 1. The Bertz CT molecular complexity index is 474. The minimum absolute atomic E-state index is 0.00759. The first-order valence-electron chi connectivity index (χ1n) is 5.93. The van der Waals surface area contributed by atoms with Gasteiger partial charge in [-0.25, -0.2) is 9.97 Å². The third kappa shape index (κ3) is 2.74. The molecule has 1 saturated heterocycles. The minimum atomic E-state index is 0.00759. The van der Waals surface area contributed by atoms with Crippen LogP contribution in [0, 0.1) is 11.3 Å². The molecule has 1 aromatic heterocycles. The van der Waals surface area contributed by atoms with Gasteiger partial charge in [0.2, 0.25) is 5.91 Å². The molecule has 1 aliphatic heterocycles. The average molecular weight is 245 g/mol. The minimum Gasteiger partial charge on any atom is -0.355 e. The highest BCUT2D eigenvalue weighted by atomic mass is 16.1. The van der Waals surface area contributed by atoms with Crippen molar-refractivity contribution < 1.29 is 4.79 Å². The van der Waals surface area contributed by atoms with Crippen molar-refractivity contribution in [2.24, 2.45) is 0 Å². The molecule has 0 aromatic carbocycles. The number of rotatable bonds is 2. The van der Waals surface area contributed by atoms with Gasteiger partial charge in [0.05, 0.1) is 6.20 Å². The number of hydrogen-bond acceptors (Lipinski definition) is 5. The summed E-state index contributed by atoms with van der Waals surface area (Å²) in [5.74, 6) is 0.696. The molecule has 2 heterocycles. The van der Waals surface area contributed by atoms with Gasteiger partial charge in [-0.2, -0.15) is 5.26 Å². The van der Waals surface area contributed by atoms with E-state index in [2.05, 4.69) is 26.3 Å². The molecule has 0 saturated carbocycles. The first-order chi connectivity index (χ1) is 8.70. The Hall–Kier alpha value is -2.16. The summed E-state index contributed by atoms with van der Waals surface area (Å²) in [5.41, 5.74) is 0.496. The van der Waals surface area contributed by atoms with Crippen LogP contribution < -0.4 is 10.2 Å². The summed E-state index contributed by atoms with van der Waals surface area (Å²) in [6.45, 7) is 3.11. The summed E-state index contributed by atoms with van der Waals surface area (Å²) >= 11 is 0. The number of aromatic nitrogens is 2. The maximum Gasteiger partial charge on any atom is 0.217 e. The lowest BCUT2D eigenvalue weighted by atomic mass is 10.0. The van der Waals surface area contributed by atoms with Crippen LogP contribution >= 0.6 is 0 Å². The quantitative estimate of drug-likeness (QED) is 0.818. The fraction of sp³-hybridized carbons (Fsp3) is 0.500. The molecule has 0 atom stereocenters. The van der Waals surface area contributed by atoms with Crippen LogP contribution in [0.5, 0.6) is 0 Å². The van der Waals surface area contributed by atoms with Gasteiger partial charge in [0.1, 0.15) is 23.8 Å². The Morgan fingerprint density at radius 1 is 1.56 bits per heavy atom. The van der Waals surface area contributed by atoms with E-state index in [1.54, 1.807) is 0 Å². The third-order valence-corrected chi connectivity index (χ3v) is 3.01. The highest BCUT2D eigenvalue weighted by Gasteiger charge is 2.22. The topological polar surface area (TPSA) is 81.9 Å². The van der Waals surface area contributed by atoms with Gasteiger partial charge in [-0.15, -0.1) is 0 Å². The Kier molecular flexibility index (Phi) is 3.72. The summed E-state index contributed by atoms with van der Waals surface area (Å²) in [5, 5.41) is 11.9. The number of nitrogens with zero attached hydrogens (tertiary/aromatic N) is 4. The zero-order chi connectivity index (χ0) is 13.0. The third-order valence-electron chi connectivity index (χ3n) is 3.01. The molecular formula is C12H15N5O. The van der Waals surface area contributed by atoms with E-state index in [4.69, 9.17) is 5.26 Å². The zero-order valence-electron chi connectivity index (χ0n) is 10.3. The van der Waals surface area contributed by atoms with Gasteiger partial charge in [-0.1, -0.05) is 0 Å².